The molecule has 0 saturated carbocycles. The van der Waals surface area contributed by atoms with Gasteiger partial charge in [0.2, 0.25) is 0 Å². The highest BCUT2D eigenvalue weighted by molar-refractivity contribution is 7.09. The number of thiazole rings is 1. The zero-order chi connectivity index (χ0) is 12.8. The average molecular weight is 266 g/mol. The van der Waals surface area contributed by atoms with Crippen LogP contribution in [0.25, 0.3) is 0 Å². The van der Waals surface area contributed by atoms with Crippen molar-refractivity contribution >= 4 is 11.3 Å². The van der Waals surface area contributed by atoms with Crippen molar-refractivity contribution in [3.63, 3.8) is 0 Å². The molecule has 6 heteroatoms. The summed E-state index contributed by atoms with van der Waals surface area (Å²) < 4.78 is 7.47. The fourth-order valence-electron chi connectivity index (χ4n) is 1.48. The first kappa shape index (κ1) is 13.0. The second-order valence-electron chi connectivity index (χ2n) is 3.83. The molecule has 1 N–H and O–H groups in total. The lowest BCUT2D eigenvalue weighted by Crippen LogP contribution is -2.11. The van der Waals surface area contributed by atoms with Gasteiger partial charge in [-0.3, -0.25) is 4.68 Å². The highest BCUT2D eigenvalue weighted by Crippen LogP contribution is 2.14. The second kappa shape index (κ2) is 6.51. The van der Waals surface area contributed by atoms with E-state index < -0.39 is 0 Å². The van der Waals surface area contributed by atoms with Crippen LogP contribution in [0.1, 0.15) is 24.5 Å². The molecule has 5 nitrogen and oxygen atoms in total. The van der Waals surface area contributed by atoms with Crippen LogP contribution in [-0.4, -0.2) is 21.3 Å². The Hall–Kier alpha value is -1.40. The lowest BCUT2D eigenvalue weighted by molar-refractivity contribution is 0.301. The molecule has 0 amide bonds. The predicted octanol–water partition coefficient (Wildman–Crippen LogP) is 2.05. The van der Waals surface area contributed by atoms with E-state index in [1.54, 1.807) is 17.5 Å². The summed E-state index contributed by atoms with van der Waals surface area (Å²) in [5, 5.41) is 10.5. The third-order valence-electron chi connectivity index (χ3n) is 2.45. The number of hydrogen-bond donors (Lipinski definition) is 1. The Morgan fingerprint density at radius 3 is 3.06 bits per heavy atom. The fraction of sp³-hybridized carbons (Fsp3) is 0.500. The van der Waals surface area contributed by atoms with Crippen LogP contribution in [0.3, 0.4) is 0 Å². The first-order valence-electron chi connectivity index (χ1n) is 6.11. The number of nitrogens with zero attached hydrogens (tertiary/aromatic N) is 3. The van der Waals surface area contributed by atoms with Gasteiger partial charge in [0.05, 0.1) is 18.1 Å². The Balaban J connectivity index is 1.84. The Bertz CT molecular complexity index is 480. The highest BCUT2D eigenvalue weighted by Gasteiger charge is 2.03. The van der Waals surface area contributed by atoms with Gasteiger partial charge in [-0.05, 0) is 13.5 Å². The normalized spacial score (nSPS) is 10.8. The molecule has 0 aromatic carbocycles. The van der Waals surface area contributed by atoms with E-state index in [0.717, 1.165) is 36.1 Å². The largest absolute Gasteiger partial charge is 0.484 e. The van der Waals surface area contributed by atoms with E-state index in [0.29, 0.717) is 6.61 Å². The van der Waals surface area contributed by atoms with Crippen LogP contribution in [0.5, 0.6) is 5.75 Å². The maximum atomic E-state index is 5.63. The lowest BCUT2D eigenvalue weighted by atomic mass is 10.5. The lowest BCUT2D eigenvalue weighted by Gasteiger charge is -2.00. The van der Waals surface area contributed by atoms with Gasteiger partial charge < -0.3 is 10.1 Å². The monoisotopic (exact) mass is 266 g/mol. The number of rotatable bonds is 7. The van der Waals surface area contributed by atoms with Crippen LogP contribution in [0.2, 0.25) is 0 Å². The van der Waals surface area contributed by atoms with Crippen molar-refractivity contribution in [1.29, 1.82) is 0 Å². The standard InChI is InChI=1S/C12H18N4OS/c1-3-13-6-12-15-10(9-18-12)8-17-11-5-14-16(4-2)7-11/h5,7,9,13H,3-4,6,8H2,1-2H3. The molecule has 0 fully saturated rings. The van der Waals surface area contributed by atoms with Crippen LogP contribution >= 0.6 is 11.3 Å². The van der Waals surface area contributed by atoms with Gasteiger partial charge in [0.15, 0.2) is 5.75 Å². The molecule has 0 radical (unpaired) electrons. The summed E-state index contributed by atoms with van der Waals surface area (Å²) in [7, 11) is 0. The third kappa shape index (κ3) is 3.54. The Kier molecular flexibility index (Phi) is 4.72. The number of aryl methyl sites for hydroxylation is 1. The third-order valence-corrected chi connectivity index (χ3v) is 3.34. The van der Waals surface area contributed by atoms with E-state index in [4.69, 9.17) is 4.74 Å². The van der Waals surface area contributed by atoms with Gasteiger partial charge in [0.25, 0.3) is 0 Å². The average Bonchev–Trinajstić information content (AvgIpc) is 3.03. The molecular weight excluding hydrogens is 248 g/mol. The minimum Gasteiger partial charge on any atom is -0.484 e. The van der Waals surface area contributed by atoms with Crippen molar-refractivity contribution < 1.29 is 4.74 Å². The fourth-order valence-corrected chi connectivity index (χ4v) is 2.23. The summed E-state index contributed by atoms with van der Waals surface area (Å²) in [4.78, 5) is 4.49. The molecule has 0 unspecified atom stereocenters. The van der Waals surface area contributed by atoms with Crippen molar-refractivity contribution in [1.82, 2.24) is 20.1 Å². The van der Waals surface area contributed by atoms with Gasteiger partial charge in [0.1, 0.15) is 11.6 Å². The molecule has 2 heterocycles. The molecule has 0 saturated heterocycles. The van der Waals surface area contributed by atoms with Crippen molar-refractivity contribution in [2.75, 3.05) is 6.54 Å². The summed E-state index contributed by atoms with van der Waals surface area (Å²) in [6.07, 6.45) is 3.63. The molecule has 0 atom stereocenters. The van der Waals surface area contributed by atoms with Gasteiger partial charge in [-0.2, -0.15) is 5.10 Å². The summed E-state index contributed by atoms with van der Waals surface area (Å²) in [6.45, 7) is 7.27. The zero-order valence-electron chi connectivity index (χ0n) is 10.7. The van der Waals surface area contributed by atoms with E-state index in [2.05, 4.69) is 22.3 Å². The number of nitrogens with one attached hydrogen (secondary N) is 1. The molecule has 2 rings (SSSR count). The topological polar surface area (TPSA) is 52.0 Å². The van der Waals surface area contributed by atoms with E-state index in [-0.39, 0.29) is 0 Å². The summed E-state index contributed by atoms with van der Waals surface area (Å²) >= 11 is 1.66. The Morgan fingerprint density at radius 1 is 1.44 bits per heavy atom. The maximum Gasteiger partial charge on any atom is 0.157 e. The Labute approximate surface area is 111 Å². The minimum absolute atomic E-state index is 0.498. The molecule has 98 valence electrons. The minimum atomic E-state index is 0.498. The first-order valence-corrected chi connectivity index (χ1v) is 6.99. The molecular formula is C12H18N4OS. The quantitative estimate of drug-likeness (QED) is 0.833. The first-order chi connectivity index (χ1) is 8.81. The van der Waals surface area contributed by atoms with Crippen molar-refractivity contribution in [2.24, 2.45) is 0 Å². The van der Waals surface area contributed by atoms with Crippen LogP contribution in [-0.2, 0) is 19.7 Å². The van der Waals surface area contributed by atoms with Gasteiger partial charge in [-0.1, -0.05) is 6.92 Å². The van der Waals surface area contributed by atoms with Crippen LogP contribution in [0, 0.1) is 0 Å². The molecule has 0 aliphatic carbocycles. The van der Waals surface area contributed by atoms with E-state index in [1.165, 1.54) is 0 Å². The summed E-state index contributed by atoms with van der Waals surface area (Å²) in [5.41, 5.74) is 0.970. The van der Waals surface area contributed by atoms with Crippen LogP contribution < -0.4 is 10.1 Å². The van der Waals surface area contributed by atoms with Gasteiger partial charge in [0, 0.05) is 18.5 Å². The number of hydrogen-bond acceptors (Lipinski definition) is 5. The molecule has 18 heavy (non-hydrogen) atoms. The molecule has 0 aliphatic rings. The van der Waals surface area contributed by atoms with E-state index in [9.17, 15) is 0 Å². The summed E-state index contributed by atoms with van der Waals surface area (Å²) in [6, 6.07) is 0. The SMILES string of the molecule is CCNCc1nc(COc2cnn(CC)c2)cs1. The molecule has 0 aliphatic heterocycles. The maximum absolute atomic E-state index is 5.63. The zero-order valence-corrected chi connectivity index (χ0v) is 11.5. The second-order valence-corrected chi connectivity index (χ2v) is 4.78. The van der Waals surface area contributed by atoms with Crippen LogP contribution in [0.4, 0.5) is 0 Å². The van der Waals surface area contributed by atoms with Gasteiger partial charge in [-0.15, -0.1) is 11.3 Å². The number of ether oxygens (including phenoxy) is 1. The van der Waals surface area contributed by atoms with Crippen molar-refractivity contribution in [2.45, 2.75) is 33.5 Å². The molecule has 0 bridgehead atoms. The van der Waals surface area contributed by atoms with E-state index in [1.807, 2.05) is 23.2 Å². The smallest absolute Gasteiger partial charge is 0.157 e. The summed E-state index contributed by atoms with van der Waals surface area (Å²) in [5.74, 6) is 0.790. The predicted molar refractivity (Wildman–Crippen MR) is 71.7 cm³/mol. The van der Waals surface area contributed by atoms with Gasteiger partial charge in [-0.25, -0.2) is 4.98 Å². The Morgan fingerprint density at radius 2 is 2.33 bits per heavy atom. The van der Waals surface area contributed by atoms with Gasteiger partial charge >= 0.3 is 0 Å². The molecule has 0 spiro atoms. The number of aromatic nitrogens is 3. The molecule has 2 aromatic heterocycles. The van der Waals surface area contributed by atoms with Crippen LogP contribution in [0.15, 0.2) is 17.8 Å². The molecule has 2 aromatic rings. The van der Waals surface area contributed by atoms with Crippen molar-refractivity contribution in [3.05, 3.63) is 28.5 Å². The highest BCUT2D eigenvalue weighted by atomic mass is 32.1. The van der Waals surface area contributed by atoms with E-state index >= 15 is 0 Å². The van der Waals surface area contributed by atoms with Crippen molar-refractivity contribution in [3.8, 4) is 5.75 Å².